The highest BCUT2D eigenvalue weighted by molar-refractivity contribution is 5.90. The average Bonchev–Trinajstić information content (AvgIpc) is 3.52. The van der Waals surface area contributed by atoms with Crippen molar-refractivity contribution >= 4 is 11.7 Å². The summed E-state index contributed by atoms with van der Waals surface area (Å²) in [5, 5.41) is 7.58. The number of aryl methyl sites for hydroxylation is 1. The molecular weight excluding hydrogens is 394 g/mol. The first-order valence-electron chi connectivity index (χ1n) is 10.6. The number of H-pyrrole nitrogens is 1. The van der Waals surface area contributed by atoms with Gasteiger partial charge in [-0.3, -0.25) is 14.6 Å². The van der Waals surface area contributed by atoms with Crippen molar-refractivity contribution in [2.75, 3.05) is 12.4 Å². The minimum Gasteiger partial charge on any atom is -0.497 e. The Kier molecular flexibility index (Phi) is 5.88. The van der Waals surface area contributed by atoms with E-state index in [9.17, 15) is 9.59 Å². The Hall–Kier alpha value is -3.42. The van der Waals surface area contributed by atoms with Crippen molar-refractivity contribution in [3.05, 3.63) is 63.7 Å². The van der Waals surface area contributed by atoms with Gasteiger partial charge in [0.15, 0.2) is 0 Å². The zero-order valence-corrected chi connectivity index (χ0v) is 18.0. The highest BCUT2D eigenvalue weighted by Crippen LogP contribution is 2.40. The molecular formula is C23H27N5O3. The van der Waals surface area contributed by atoms with Crippen LogP contribution < -0.4 is 15.6 Å². The summed E-state index contributed by atoms with van der Waals surface area (Å²) < 4.78 is 6.70. The van der Waals surface area contributed by atoms with Crippen molar-refractivity contribution in [1.29, 1.82) is 0 Å². The van der Waals surface area contributed by atoms with E-state index in [1.54, 1.807) is 7.11 Å². The number of anilines is 1. The molecule has 0 saturated heterocycles. The first kappa shape index (κ1) is 20.8. The lowest BCUT2D eigenvalue weighted by atomic mass is 10.1. The van der Waals surface area contributed by atoms with Crippen LogP contribution in [-0.2, 0) is 11.2 Å². The maximum Gasteiger partial charge on any atom is 0.252 e. The monoisotopic (exact) mass is 421 g/mol. The lowest BCUT2D eigenvalue weighted by molar-refractivity contribution is -0.116. The fourth-order valence-corrected chi connectivity index (χ4v) is 3.34. The third-order valence-corrected chi connectivity index (χ3v) is 5.33. The predicted molar refractivity (Wildman–Crippen MR) is 118 cm³/mol. The molecule has 0 spiro atoms. The van der Waals surface area contributed by atoms with Gasteiger partial charge in [-0.2, -0.15) is 9.78 Å². The molecule has 0 unspecified atom stereocenters. The van der Waals surface area contributed by atoms with E-state index in [-0.39, 0.29) is 17.4 Å². The Balaban J connectivity index is 1.54. The van der Waals surface area contributed by atoms with Crippen LogP contribution in [0.3, 0.4) is 0 Å². The number of methoxy groups -OCH3 is 1. The number of hydrogen-bond acceptors (Lipinski definition) is 5. The maximum atomic E-state index is 12.7. The number of carbonyl (C=O) groups is 1. The van der Waals surface area contributed by atoms with Crippen LogP contribution in [0.5, 0.6) is 5.75 Å². The highest BCUT2D eigenvalue weighted by atomic mass is 16.5. The molecule has 162 valence electrons. The van der Waals surface area contributed by atoms with Crippen LogP contribution in [0, 0.1) is 0 Å². The van der Waals surface area contributed by atoms with Crippen molar-refractivity contribution in [1.82, 2.24) is 19.7 Å². The number of nitrogens with zero attached hydrogens (tertiary/aromatic N) is 3. The van der Waals surface area contributed by atoms with E-state index in [2.05, 4.69) is 20.4 Å². The van der Waals surface area contributed by atoms with Crippen LogP contribution >= 0.6 is 0 Å². The number of nitrogens with one attached hydrogen (secondary N) is 2. The van der Waals surface area contributed by atoms with Crippen LogP contribution in [0.2, 0.25) is 0 Å². The molecule has 1 aliphatic carbocycles. The van der Waals surface area contributed by atoms with E-state index in [4.69, 9.17) is 4.74 Å². The number of hydrogen-bond donors (Lipinski definition) is 2. The average molecular weight is 422 g/mol. The zero-order chi connectivity index (χ0) is 22.0. The smallest absolute Gasteiger partial charge is 0.252 e. The van der Waals surface area contributed by atoms with E-state index in [1.165, 1.54) is 10.7 Å². The Morgan fingerprint density at radius 2 is 2.00 bits per heavy atom. The first-order valence-corrected chi connectivity index (χ1v) is 10.6. The minimum atomic E-state index is -0.242. The van der Waals surface area contributed by atoms with E-state index in [1.807, 2.05) is 44.2 Å². The molecule has 3 aromatic rings. The van der Waals surface area contributed by atoms with Crippen LogP contribution in [0.4, 0.5) is 5.82 Å². The number of rotatable bonds is 8. The van der Waals surface area contributed by atoms with Gasteiger partial charge < -0.3 is 10.1 Å². The summed E-state index contributed by atoms with van der Waals surface area (Å²) >= 11 is 0. The summed E-state index contributed by atoms with van der Waals surface area (Å²) in [6.07, 6.45) is 3.10. The fourth-order valence-electron chi connectivity index (χ4n) is 3.34. The number of aromatic amines is 1. The van der Waals surface area contributed by atoms with E-state index >= 15 is 0 Å². The zero-order valence-electron chi connectivity index (χ0n) is 18.0. The topological polar surface area (TPSA) is 102 Å². The van der Waals surface area contributed by atoms with Crippen molar-refractivity contribution in [3.8, 4) is 11.7 Å². The fraction of sp³-hybridized carbons (Fsp3) is 0.391. The lowest BCUT2D eigenvalue weighted by Gasteiger charge is -2.10. The van der Waals surface area contributed by atoms with E-state index in [0.717, 1.165) is 29.8 Å². The van der Waals surface area contributed by atoms with Gasteiger partial charge in [0.1, 0.15) is 11.6 Å². The molecule has 0 bridgehead atoms. The van der Waals surface area contributed by atoms with Gasteiger partial charge in [0.05, 0.1) is 18.5 Å². The third kappa shape index (κ3) is 5.02. The molecule has 2 aromatic heterocycles. The van der Waals surface area contributed by atoms with Gasteiger partial charge in [-0.25, -0.2) is 4.98 Å². The van der Waals surface area contributed by atoms with Gasteiger partial charge in [0.2, 0.25) is 11.9 Å². The number of ether oxygens (including phenoxy) is 1. The Morgan fingerprint density at radius 3 is 2.65 bits per heavy atom. The normalized spacial score (nSPS) is 13.4. The molecule has 1 fully saturated rings. The molecule has 8 nitrogen and oxygen atoms in total. The van der Waals surface area contributed by atoms with Crippen LogP contribution in [-0.4, -0.2) is 32.8 Å². The Bertz CT molecular complexity index is 1130. The molecule has 31 heavy (non-hydrogen) atoms. The molecule has 0 radical (unpaired) electrons. The summed E-state index contributed by atoms with van der Waals surface area (Å²) in [4.78, 5) is 32.1. The molecule has 4 rings (SSSR count). The molecule has 0 aliphatic heterocycles. The van der Waals surface area contributed by atoms with Crippen molar-refractivity contribution in [2.24, 2.45) is 0 Å². The molecule has 0 atom stereocenters. The Labute approximate surface area is 180 Å². The van der Waals surface area contributed by atoms with Crippen LogP contribution in [0.15, 0.2) is 41.2 Å². The van der Waals surface area contributed by atoms with E-state index in [0.29, 0.717) is 36.2 Å². The van der Waals surface area contributed by atoms with Crippen molar-refractivity contribution in [2.45, 2.75) is 51.4 Å². The Morgan fingerprint density at radius 1 is 1.26 bits per heavy atom. The molecule has 1 aliphatic rings. The highest BCUT2D eigenvalue weighted by Gasteiger charge is 2.28. The molecule has 8 heteroatoms. The second-order valence-electron chi connectivity index (χ2n) is 8.19. The quantitative estimate of drug-likeness (QED) is 0.579. The molecule has 1 aromatic carbocycles. The molecule has 1 saturated carbocycles. The molecule has 2 heterocycles. The summed E-state index contributed by atoms with van der Waals surface area (Å²) in [6.45, 7) is 3.96. The number of benzene rings is 1. The largest absolute Gasteiger partial charge is 0.497 e. The van der Waals surface area contributed by atoms with Gasteiger partial charge in [-0.05, 0) is 42.9 Å². The van der Waals surface area contributed by atoms with Gasteiger partial charge in [-0.1, -0.05) is 26.0 Å². The summed E-state index contributed by atoms with van der Waals surface area (Å²) in [5.41, 5.74) is 2.40. The molecule has 2 N–H and O–H groups in total. The van der Waals surface area contributed by atoms with Crippen LogP contribution in [0.25, 0.3) is 5.95 Å². The second kappa shape index (κ2) is 8.75. The van der Waals surface area contributed by atoms with Gasteiger partial charge >= 0.3 is 0 Å². The van der Waals surface area contributed by atoms with Crippen molar-refractivity contribution in [3.63, 3.8) is 0 Å². The van der Waals surface area contributed by atoms with Crippen LogP contribution in [0.1, 0.15) is 61.9 Å². The maximum absolute atomic E-state index is 12.7. The number of amides is 1. The summed E-state index contributed by atoms with van der Waals surface area (Å²) in [5.74, 6) is 1.99. The summed E-state index contributed by atoms with van der Waals surface area (Å²) in [7, 11) is 1.63. The summed E-state index contributed by atoms with van der Waals surface area (Å²) in [6, 6.07) is 11.0. The second-order valence-corrected chi connectivity index (χ2v) is 8.19. The SMILES string of the molecule is COc1ccc(CCC(=O)Nc2cc(C3CC3)nn2-c2nc(C(C)C)cc(=O)[nH]2)cc1. The minimum absolute atomic E-state index is 0.0991. The van der Waals surface area contributed by atoms with Gasteiger partial charge in [0, 0.05) is 24.5 Å². The first-order chi connectivity index (χ1) is 14.9. The number of aromatic nitrogens is 4. The number of carbonyl (C=O) groups excluding carboxylic acids is 1. The predicted octanol–water partition coefficient (Wildman–Crippen LogP) is 3.54. The van der Waals surface area contributed by atoms with Crippen molar-refractivity contribution < 1.29 is 9.53 Å². The lowest BCUT2D eigenvalue weighted by Crippen LogP contribution is -2.19. The van der Waals surface area contributed by atoms with E-state index < -0.39 is 0 Å². The van der Waals surface area contributed by atoms with Gasteiger partial charge in [0.25, 0.3) is 5.56 Å². The third-order valence-electron chi connectivity index (χ3n) is 5.33. The van der Waals surface area contributed by atoms with Gasteiger partial charge in [-0.15, -0.1) is 0 Å². The standard InChI is InChI=1S/C23H27N5O3/c1-14(2)18-13-22(30)26-23(24-18)28-20(12-19(27-28)16-7-8-16)25-21(29)11-6-15-4-9-17(31-3)10-5-15/h4-5,9-10,12-14,16H,6-8,11H2,1-3H3,(H,25,29)(H,24,26,30). The molecule has 1 amide bonds.